The highest BCUT2D eigenvalue weighted by atomic mass is 16.6. The number of rotatable bonds is 7. The summed E-state index contributed by atoms with van der Waals surface area (Å²) >= 11 is 0. The van der Waals surface area contributed by atoms with E-state index in [0.717, 1.165) is 11.3 Å². The number of nitrogens with one attached hydrogen (secondary N) is 1. The quantitative estimate of drug-likeness (QED) is 0.485. The van der Waals surface area contributed by atoms with Gasteiger partial charge in [-0.1, -0.05) is 30.3 Å². The van der Waals surface area contributed by atoms with Gasteiger partial charge >= 0.3 is 0 Å². The second-order valence-corrected chi connectivity index (χ2v) is 5.90. The Kier molecular flexibility index (Phi) is 5.86. The summed E-state index contributed by atoms with van der Waals surface area (Å²) in [7, 11) is 1.47. The fourth-order valence-electron chi connectivity index (χ4n) is 2.53. The number of hydrogen-bond donors (Lipinski definition) is 1. The maximum Gasteiger partial charge on any atom is 0.273 e. The molecule has 0 aliphatic carbocycles. The zero-order valence-electron chi connectivity index (χ0n) is 15.1. The highest BCUT2D eigenvalue weighted by molar-refractivity contribution is 6.04. The highest BCUT2D eigenvalue weighted by Gasteiger charge is 2.13. The number of carbonyl (C=O) groups is 1. The van der Waals surface area contributed by atoms with Crippen LogP contribution < -0.4 is 14.8 Å². The van der Waals surface area contributed by atoms with E-state index in [9.17, 15) is 14.9 Å². The van der Waals surface area contributed by atoms with Gasteiger partial charge in [0.25, 0.3) is 11.6 Å². The molecule has 0 saturated heterocycles. The molecule has 0 saturated carbocycles. The summed E-state index contributed by atoms with van der Waals surface area (Å²) in [6.45, 7) is 0.179. The number of anilines is 1. The van der Waals surface area contributed by atoms with Crippen molar-refractivity contribution in [2.45, 2.75) is 6.61 Å². The van der Waals surface area contributed by atoms with Crippen LogP contribution in [-0.4, -0.2) is 17.9 Å². The van der Waals surface area contributed by atoms with Crippen LogP contribution in [0.15, 0.2) is 72.8 Å². The number of ether oxygens (including phenoxy) is 2. The minimum absolute atomic E-state index is 0.0799. The molecule has 0 spiro atoms. The summed E-state index contributed by atoms with van der Waals surface area (Å²) < 4.78 is 10.8. The van der Waals surface area contributed by atoms with Crippen LogP contribution in [0.2, 0.25) is 0 Å². The first kappa shape index (κ1) is 18.9. The number of nitro benzene ring substituents is 1. The molecule has 3 aromatic rings. The topological polar surface area (TPSA) is 90.7 Å². The van der Waals surface area contributed by atoms with Gasteiger partial charge in [0.05, 0.1) is 18.1 Å². The standard InChI is InChI=1S/C21H18N2O5/c1-27-19-12-11-18(23(25)26)13-20(19)28-14-15-7-9-16(10-8-15)21(24)22-17-5-3-2-4-6-17/h2-13H,14H2,1H3,(H,22,24). The average Bonchev–Trinajstić information content (AvgIpc) is 2.73. The number of carbonyl (C=O) groups excluding carboxylic acids is 1. The van der Waals surface area contributed by atoms with Gasteiger partial charge in [-0.2, -0.15) is 0 Å². The van der Waals surface area contributed by atoms with Crippen LogP contribution in [0, 0.1) is 10.1 Å². The monoisotopic (exact) mass is 378 g/mol. The summed E-state index contributed by atoms with van der Waals surface area (Å²) in [5.74, 6) is 0.478. The van der Waals surface area contributed by atoms with Crippen LogP contribution in [0.1, 0.15) is 15.9 Å². The van der Waals surface area contributed by atoms with Gasteiger partial charge < -0.3 is 14.8 Å². The summed E-state index contributed by atoms with van der Waals surface area (Å²) in [5, 5.41) is 13.7. The number of methoxy groups -OCH3 is 1. The predicted octanol–water partition coefficient (Wildman–Crippen LogP) is 4.43. The van der Waals surface area contributed by atoms with Gasteiger partial charge in [0.15, 0.2) is 11.5 Å². The van der Waals surface area contributed by atoms with Crippen molar-refractivity contribution in [1.82, 2.24) is 0 Å². The Labute approximate surface area is 161 Å². The van der Waals surface area contributed by atoms with Crippen LogP contribution in [-0.2, 0) is 6.61 Å². The molecule has 1 N–H and O–H groups in total. The molecule has 0 fully saturated rings. The number of nitrogens with zero attached hydrogens (tertiary/aromatic N) is 1. The molecule has 7 nitrogen and oxygen atoms in total. The van der Waals surface area contributed by atoms with E-state index in [2.05, 4.69) is 5.32 Å². The zero-order valence-corrected chi connectivity index (χ0v) is 15.1. The van der Waals surface area contributed by atoms with E-state index in [4.69, 9.17) is 9.47 Å². The minimum atomic E-state index is -0.494. The van der Waals surface area contributed by atoms with E-state index in [-0.39, 0.29) is 24.0 Å². The number of benzene rings is 3. The first-order valence-corrected chi connectivity index (χ1v) is 8.47. The van der Waals surface area contributed by atoms with Gasteiger partial charge in [-0.25, -0.2) is 0 Å². The molecule has 7 heteroatoms. The van der Waals surface area contributed by atoms with Gasteiger partial charge in [0, 0.05) is 17.3 Å². The fraction of sp³-hybridized carbons (Fsp3) is 0.0952. The van der Waals surface area contributed by atoms with Crippen LogP contribution in [0.5, 0.6) is 11.5 Å². The van der Waals surface area contributed by atoms with Crippen molar-refractivity contribution in [2.24, 2.45) is 0 Å². The third kappa shape index (κ3) is 4.64. The number of hydrogen-bond acceptors (Lipinski definition) is 5. The minimum Gasteiger partial charge on any atom is -0.493 e. The van der Waals surface area contributed by atoms with E-state index >= 15 is 0 Å². The lowest BCUT2D eigenvalue weighted by molar-refractivity contribution is -0.385. The fourth-order valence-corrected chi connectivity index (χ4v) is 2.53. The predicted molar refractivity (Wildman–Crippen MR) is 105 cm³/mol. The Bertz CT molecular complexity index is 972. The Balaban J connectivity index is 1.65. The number of amides is 1. The van der Waals surface area contributed by atoms with Crippen LogP contribution in [0.25, 0.3) is 0 Å². The number of nitro groups is 1. The third-order valence-electron chi connectivity index (χ3n) is 4.00. The van der Waals surface area contributed by atoms with Crippen molar-refractivity contribution >= 4 is 17.3 Å². The van der Waals surface area contributed by atoms with Gasteiger partial charge in [0.1, 0.15) is 6.61 Å². The van der Waals surface area contributed by atoms with Crippen LogP contribution in [0.4, 0.5) is 11.4 Å². The van der Waals surface area contributed by atoms with Crippen molar-refractivity contribution in [1.29, 1.82) is 0 Å². The van der Waals surface area contributed by atoms with E-state index in [1.165, 1.54) is 25.3 Å². The normalized spacial score (nSPS) is 10.2. The Hall–Kier alpha value is -3.87. The second-order valence-electron chi connectivity index (χ2n) is 5.90. The van der Waals surface area contributed by atoms with Gasteiger partial charge in [-0.05, 0) is 35.9 Å². The molecular formula is C21H18N2O5. The third-order valence-corrected chi connectivity index (χ3v) is 4.00. The molecule has 0 atom stereocenters. The smallest absolute Gasteiger partial charge is 0.273 e. The maximum atomic E-state index is 12.3. The van der Waals surface area contributed by atoms with Crippen molar-refractivity contribution < 1.29 is 19.2 Å². The summed E-state index contributed by atoms with van der Waals surface area (Å²) in [4.78, 5) is 22.7. The molecule has 0 radical (unpaired) electrons. The van der Waals surface area contributed by atoms with Gasteiger partial charge in [-0.3, -0.25) is 14.9 Å². The summed E-state index contributed by atoms with van der Waals surface area (Å²) in [6.07, 6.45) is 0. The average molecular weight is 378 g/mol. The Morgan fingerprint density at radius 2 is 1.71 bits per heavy atom. The maximum absolute atomic E-state index is 12.3. The SMILES string of the molecule is COc1ccc([N+](=O)[O-])cc1OCc1ccc(C(=O)Nc2ccccc2)cc1. The van der Waals surface area contributed by atoms with E-state index < -0.39 is 4.92 Å². The van der Waals surface area contributed by atoms with E-state index in [1.807, 2.05) is 30.3 Å². The van der Waals surface area contributed by atoms with Crippen molar-refractivity contribution in [3.63, 3.8) is 0 Å². The zero-order chi connectivity index (χ0) is 19.9. The van der Waals surface area contributed by atoms with Crippen molar-refractivity contribution in [3.8, 4) is 11.5 Å². The molecule has 0 heterocycles. The molecule has 1 amide bonds. The first-order valence-electron chi connectivity index (χ1n) is 8.47. The van der Waals surface area contributed by atoms with Gasteiger partial charge in [0.2, 0.25) is 0 Å². The summed E-state index contributed by atoms with van der Waals surface area (Å²) in [5.41, 5.74) is 1.96. The molecule has 0 aliphatic heterocycles. The molecule has 0 aliphatic rings. The Morgan fingerprint density at radius 3 is 2.36 bits per heavy atom. The lowest BCUT2D eigenvalue weighted by atomic mass is 10.1. The van der Waals surface area contributed by atoms with Crippen LogP contribution >= 0.6 is 0 Å². The van der Waals surface area contributed by atoms with E-state index in [0.29, 0.717) is 11.3 Å². The molecular weight excluding hydrogens is 360 g/mol. The molecule has 0 bridgehead atoms. The largest absolute Gasteiger partial charge is 0.493 e. The summed E-state index contributed by atoms with van der Waals surface area (Å²) in [6, 6.07) is 20.3. The van der Waals surface area contributed by atoms with Crippen molar-refractivity contribution in [2.75, 3.05) is 12.4 Å². The first-order chi connectivity index (χ1) is 13.6. The molecule has 3 aromatic carbocycles. The molecule has 3 rings (SSSR count). The molecule has 28 heavy (non-hydrogen) atoms. The van der Waals surface area contributed by atoms with Gasteiger partial charge in [-0.15, -0.1) is 0 Å². The number of non-ortho nitro benzene ring substituents is 1. The molecule has 0 unspecified atom stereocenters. The highest BCUT2D eigenvalue weighted by Crippen LogP contribution is 2.31. The molecule has 142 valence electrons. The second kappa shape index (κ2) is 8.68. The molecule has 0 aromatic heterocycles. The lowest BCUT2D eigenvalue weighted by Crippen LogP contribution is -2.11. The lowest BCUT2D eigenvalue weighted by Gasteiger charge is -2.11. The van der Waals surface area contributed by atoms with Crippen LogP contribution in [0.3, 0.4) is 0 Å². The number of para-hydroxylation sites is 1. The van der Waals surface area contributed by atoms with Crippen molar-refractivity contribution in [3.05, 3.63) is 94.0 Å². The Morgan fingerprint density at radius 1 is 1.00 bits per heavy atom. The van der Waals surface area contributed by atoms with E-state index in [1.54, 1.807) is 24.3 Å².